The van der Waals surface area contributed by atoms with Gasteiger partial charge in [0, 0.05) is 29.9 Å². The summed E-state index contributed by atoms with van der Waals surface area (Å²) in [6.45, 7) is 4.21. The fraction of sp³-hybridized carbons (Fsp3) is 0.333. The van der Waals surface area contributed by atoms with Crippen LogP contribution in [0.1, 0.15) is 35.9 Å². The van der Waals surface area contributed by atoms with E-state index in [2.05, 4.69) is 54.0 Å². The molecular weight excluding hydrogens is 310 g/mol. The number of aromatic nitrogens is 2. The Morgan fingerprint density at radius 3 is 2.84 bits per heavy atom. The van der Waals surface area contributed by atoms with Crippen molar-refractivity contribution < 1.29 is 4.79 Å². The summed E-state index contributed by atoms with van der Waals surface area (Å²) in [6, 6.07) is 12.3. The minimum absolute atomic E-state index is 0.000412. The molecule has 1 unspecified atom stereocenters. The number of anilines is 1. The van der Waals surface area contributed by atoms with Crippen LogP contribution >= 0.6 is 0 Å². The molecule has 25 heavy (non-hydrogen) atoms. The summed E-state index contributed by atoms with van der Waals surface area (Å²) in [7, 11) is 0. The molecule has 128 valence electrons. The summed E-state index contributed by atoms with van der Waals surface area (Å²) in [5.74, 6) is 0.108. The van der Waals surface area contributed by atoms with E-state index >= 15 is 0 Å². The lowest BCUT2D eigenvalue weighted by molar-refractivity contribution is -0.120. The zero-order valence-electron chi connectivity index (χ0n) is 14.7. The molecule has 1 aliphatic carbocycles. The Bertz CT molecular complexity index is 924. The highest BCUT2D eigenvalue weighted by Gasteiger charge is 2.28. The molecule has 3 aromatic rings. The molecule has 1 aromatic carbocycles. The lowest BCUT2D eigenvalue weighted by Gasteiger charge is -2.21. The minimum Gasteiger partial charge on any atom is -0.326 e. The number of rotatable bonds is 3. The zero-order chi connectivity index (χ0) is 17.4. The molecule has 0 fully saturated rings. The maximum atomic E-state index is 12.7. The number of hydrogen-bond acceptors (Lipinski definition) is 2. The topological polar surface area (TPSA) is 46.4 Å². The smallest absolute Gasteiger partial charge is 0.227 e. The molecule has 0 radical (unpaired) electrons. The van der Waals surface area contributed by atoms with Gasteiger partial charge in [0.15, 0.2) is 0 Å². The van der Waals surface area contributed by atoms with Crippen molar-refractivity contribution in [1.82, 2.24) is 9.38 Å². The van der Waals surface area contributed by atoms with Gasteiger partial charge >= 0.3 is 0 Å². The highest BCUT2D eigenvalue weighted by molar-refractivity contribution is 5.92. The summed E-state index contributed by atoms with van der Waals surface area (Å²) in [6.07, 6.45) is 5.55. The maximum absolute atomic E-state index is 12.7. The second-order valence-electron chi connectivity index (χ2n) is 6.92. The van der Waals surface area contributed by atoms with E-state index in [-0.39, 0.29) is 11.8 Å². The predicted molar refractivity (Wildman–Crippen MR) is 99.9 cm³/mol. The van der Waals surface area contributed by atoms with Crippen LogP contribution in [-0.4, -0.2) is 15.3 Å². The van der Waals surface area contributed by atoms with Gasteiger partial charge in [-0.25, -0.2) is 4.98 Å². The molecule has 2 heterocycles. The number of nitrogens with one attached hydrogen (secondary N) is 1. The van der Waals surface area contributed by atoms with Gasteiger partial charge in [-0.2, -0.15) is 0 Å². The van der Waals surface area contributed by atoms with Crippen LogP contribution in [0.3, 0.4) is 0 Å². The van der Waals surface area contributed by atoms with Crippen molar-refractivity contribution in [3.8, 4) is 0 Å². The summed E-state index contributed by atoms with van der Waals surface area (Å²) in [5.41, 5.74) is 6.67. The normalized spacial score (nSPS) is 16.6. The van der Waals surface area contributed by atoms with Crippen LogP contribution in [-0.2, 0) is 24.1 Å². The van der Waals surface area contributed by atoms with Crippen LogP contribution in [0.15, 0.2) is 42.6 Å². The van der Waals surface area contributed by atoms with Crippen LogP contribution in [0.4, 0.5) is 5.69 Å². The van der Waals surface area contributed by atoms with Crippen LogP contribution in [0.2, 0.25) is 0 Å². The fourth-order valence-corrected chi connectivity index (χ4v) is 3.60. The molecule has 1 N–H and O–H groups in total. The second kappa shape index (κ2) is 6.36. The molecule has 0 saturated carbocycles. The number of benzene rings is 1. The predicted octanol–water partition coefficient (Wildman–Crippen LogP) is 3.95. The Hall–Kier alpha value is -2.62. The van der Waals surface area contributed by atoms with Crippen LogP contribution in [0.5, 0.6) is 0 Å². The number of nitrogens with zero attached hydrogens (tertiary/aromatic N) is 2. The van der Waals surface area contributed by atoms with E-state index in [4.69, 9.17) is 4.98 Å². The van der Waals surface area contributed by atoms with E-state index in [1.165, 1.54) is 16.8 Å². The van der Waals surface area contributed by atoms with Gasteiger partial charge < -0.3 is 9.72 Å². The first kappa shape index (κ1) is 15.9. The Labute approximate surface area is 147 Å². The second-order valence-corrected chi connectivity index (χ2v) is 6.92. The Morgan fingerprint density at radius 1 is 1.28 bits per heavy atom. The van der Waals surface area contributed by atoms with Gasteiger partial charge in [-0.3, -0.25) is 4.79 Å². The summed E-state index contributed by atoms with van der Waals surface area (Å²) in [4.78, 5) is 17.4. The molecule has 1 aliphatic rings. The van der Waals surface area contributed by atoms with Crippen LogP contribution in [0.25, 0.3) is 5.65 Å². The first-order chi connectivity index (χ1) is 12.1. The molecule has 0 bridgehead atoms. The van der Waals surface area contributed by atoms with Crippen molar-refractivity contribution >= 4 is 17.2 Å². The van der Waals surface area contributed by atoms with Gasteiger partial charge in [-0.05, 0) is 61.6 Å². The summed E-state index contributed by atoms with van der Waals surface area (Å²) in [5, 5.41) is 3.07. The van der Waals surface area contributed by atoms with Crippen molar-refractivity contribution in [2.45, 2.75) is 39.5 Å². The van der Waals surface area contributed by atoms with E-state index in [0.717, 1.165) is 42.7 Å². The average Bonchev–Trinajstić information content (AvgIpc) is 2.98. The van der Waals surface area contributed by atoms with E-state index in [9.17, 15) is 4.79 Å². The Kier molecular flexibility index (Phi) is 4.04. The number of pyridine rings is 1. The van der Waals surface area contributed by atoms with Gasteiger partial charge in [-0.1, -0.05) is 19.1 Å². The van der Waals surface area contributed by atoms with Crippen molar-refractivity contribution in [3.63, 3.8) is 0 Å². The summed E-state index contributed by atoms with van der Waals surface area (Å²) < 4.78 is 2.14. The lowest BCUT2D eigenvalue weighted by atomic mass is 9.89. The molecule has 2 aromatic heterocycles. The number of fused-ring (bicyclic) bond motifs is 3. The molecule has 4 rings (SSSR count). The number of hydrogen-bond donors (Lipinski definition) is 1. The molecule has 4 nitrogen and oxygen atoms in total. The highest BCUT2D eigenvalue weighted by Crippen LogP contribution is 2.27. The van der Waals surface area contributed by atoms with Gasteiger partial charge in [0.1, 0.15) is 5.65 Å². The molecule has 0 saturated heterocycles. The quantitative estimate of drug-likeness (QED) is 0.789. The number of carbonyl (C=O) groups is 1. The third kappa shape index (κ3) is 3.04. The standard InChI is InChI=1S/C21H23N3O/c1-3-15-4-7-17(8-5-15)22-21(25)16-6-9-18-19(13-16)24-11-10-14(2)12-20(24)23-18/h4-5,7-8,10-12,16H,3,6,9,13H2,1-2H3,(H,22,25). The Balaban J connectivity index is 1.53. The average molecular weight is 333 g/mol. The highest BCUT2D eigenvalue weighted by atomic mass is 16.1. The third-order valence-electron chi connectivity index (χ3n) is 5.13. The molecular formula is C21H23N3O. The lowest BCUT2D eigenvalue weighted by Crippen LogP contribution is -2.28. The third-order valence-corrected chi connectivity index (χ3v) is 5.13. The maximum Gasteiger partial charge on any atom is 0.227 e. The van der Waals surface area contributed by atoms with E-state index in [1.807, 2.05) is 12.1 Å². The van der Waals surface area contributed by atoms with Gasteiger partial charge in [0.2, 0.25) is 5.91 Å². The zero-order valence-corrected chi connectivity index (χ0v) is 14.7. The molecule has 0 aliphatic heterocycles. The van der Waals surface area contributed by atoms with Crippen molar-refractivity contribution in [3.05, 3.63) is 65.1 Å². The van der Waals surface area contributed by atoms with E-state index < -0.39 is 0 Å². The minimum atomic E-state index is -0.000412. The van der Waals surface area contributed by atoms with Crippen molar-refractivity contribution in [1.29, 1.82) is 0 Å². The molecule has 1 amide bonds. The Morgan fingerprint density at radius 2 is 2.08 bits per heavy atom. The van der Waals surface area contributed by atoms with Crippen molar-refractivity contribution in [2.24, 2.45) is 5.92 Å². The first-order valence-corrected chi connectivity index (χ1v) is 9.00. The SMILES string of the molecule is CCc1ccc(NC(=O)C2CCc3nc4cc(C)ccn4c3C2)cc1. The monoisotopic (exact) mass is 333 g/mol. The number of imidazole rings is 1. The largest absolute Gasteiger partial charge is 0.326 e. The van der Waals surface area contributed by atoms with Crippen molar-refractivity contribution in [2.75, 3.05) is 5.32 Å². The van der Waals surface area contributed by atoms with Gasteiger partial charge in [0.25, 0.3) is 0 Å². The molecule has 0 spiro atoms. The van der Waals surface area contributed by atoms with E-state index in [1.54, 1.807) is 0 Å². The number of amides is 1. The summed E-state index contributed by atoms with van der Waals surface area (Å²) >= 11 is 0. The molecule has 1 atom stereocenters. The number of carbonyl (C=O) groups excluding carboxylic acids is 1. The van der Waals surface area contributed by atoms with Crippen LogP contribution in [0, 0.1) is 12.8 Å². The first-order valence-electron chi connectivity index (χ1n) is 9.00. The number of aryl methyl sites for hydroxylation is 3. The fourth-order valence-electron chi connectivity index (χ4n) is 3.60. The van der Waals surface area contributed by atoms with Gasteiger partial charge in [-0.15, -0.1) is 0 Å². The van der Waals surface area contributed by atoms with E-state index in [0.29, 0.717) is 0 Å². The van der Waals surface area contributed by atoms with Crippen LogP contribution < -0.4 is 5.32 Å². The van der Waals surface area contributed by atoms with Gasteiger partial charge in [0.05, 0.1) is 5.69 Å². The molecule has 4 heteroatoms.